The quantitative estimate of drug-likeness (QED) is 0.0367. The molecule has 5 atom stereocenters. The number of nitrogens with one attached hydrogen (secondary N) is 5. The lowest BCUT2D eigenvalue weighted by molar-refractivity contribution is -0.144. The van der Waals surface area contributed by atoms with Gasteiger partial charge in [-0.3, -0.25) is 28.9 Å². The normalized spacial score (nSPS) is 18.1. The van der Waals surface area contributed by atoms with Crippen molar-refractivity contribution in [3.63, 3.8) is 0 Å². The number of thiazole rings is 1. The number of H-pyrrole nitrogens is 1. The Balaban J connectivity index is 0.748. The molecule has 2 aliphatic rings. The van der Waals surface area contributed by atoms with Crippen molar-refractivity contribution in [1.82, 2.24) is 40.7 Å². The van der Waals surface area contributed by atoms with E-state index in [1.807, 2.05) is 82.6 Å². The van der Waals surface area contributed by atoms with E-state index < -0.39 is 23.6 Å². The van der Waals surface area contributed by atoms with Gasteiger partial charge >= 0.3 is 0 Å². The van der Waals surface area contributed by atoms with E-state index in [9.17, 15) is 29.1 Å². The second-order valence-corrected chi connectivity index (χ2v) is 21.5. The van der Waals surface area contributed by atoms with Gasteiger partial charge in [0.25, 0.3) is 11.8 Å². The molecule has 0 saturated carbocycles. The lowest BCUT2D eigenvalue weighted by Crippen LogP contribution is -2.57. The number of aromatic nitrogens is 3. The van der Waals surface area contributed by atoms with Crippen LogP contribution < -0.4 is 21.3 Å². The maximum absolute atomic E-state index is 14.1. The standard InChI is InChI=1S/C55H73N9O6S/c1-35-16-15-29-63(35)33-47-60-44-27-26-42(30-45(44)61-47)59-52(68)41-24-22-40(23-25-41)51(67)56-28-14-12-10-8-7-9-11-13-17-48(66)62-50(55(4,5)6)54(70)64-32-43(65)31-46(64)53(69)58-36(2)38-18-20-39(21-19-38)49-37(3)57-34-71-49/h18-27,30,34-36,43,46,50,65H,7-17,28-29,31-33H2,1-6H3,(H,56,67)(H,58,69)(H,59,68)(H,60,61)(H,62,66)/t35-,36-,43+,46-,50+/m0/s1. The van der Waals surface area contributed by atoms with Crippen LogP contribution in [0.4, 0.5) is 5.69 Å². The van der Waals surface area contributed by atoms with Crippen molar-refractivity contribution in [3.8, 4) is 10.4 Å². The van der Waals surface area contributed by atoms with Crippen LogP contribution >= 0.6 is 11.3 Å². The summed E-state index contributed by atoms with van der Waals surface area (Å²) >= 11 is 1.58. The van der Waals surface area contributed by atoms with Crippen LogP contribution in [0.5, 0.6) is 0 Å². The van der Waals surface area contributed by atoms with Gasteiger partial charge in [0.15, 0.2) is 0 Å². The lowest BCUT2D eigenvalue weighted by Gasteiger charge is -2.35. The second-order valence-electron chi connectivity index (χ2n) is 20.6. The molecule has 2 aliphatic heterocycles. The van der Waals surface area contributed by atoms with Crippen molar-refractivity contribution in [1.29, 1.82) is 0 Å². The molecule has 2 saturated heterocycles. The van der Waals surface area contributed by atoms with Crippen molar-refractivity contribution >= 4 is 57.6 Å². The topological polar surface area (TPSA) is 202 Å². The zero-order chi connectivity index (χ0) is 50.7. The Hall–Kier alpha value is -5.97. The number of aromatic amines is 1. The summed E-state index contributed by atoms with van der Waals surface area (Å²) < 4.78 is 0. The highest BCUT2D eigenvalue weighted by atomic mass is 32.1. The first-order valence-electron chi connectivity index (χ1n) is 25.5. The predicted molar refractivity (Wildman–Crippen MR) is 280 cm³/mol. The predicted octanol–water partition coefficient (Wildman–Crippen LogP) is 8.84. The molecular weight excluding hydrogens is 915 g/mol. The number of anilines is 1. The average Bonchev–Trinajstić information content (AvgIpc) is 4.16. The second kappa shape index (κ2) is 24.4. The number of aryl methyl sites for hydroxylation is 1. The Labute approximate surface area is 422 Å². The van der Waals surface area contributed by atoms with Gasteiger partial charge in [0, 0.05) is 48.8 Å². The summed E-state index contributed by atoms with van der Waals surface area (Å²) in [5.41, 5.74) is 7.52. The molecule has 15 nitrogen and oxygen atoms in total. The van der Waals surface area contributed by atoms with Crippen LogP contribution in [0, 0.1) is 12.3 Å². The van der Waals surface area contributed by atoms with Gasteiger partial charge in [0.05, 0.1) is 45.8 Å². The number of fused-ring (bicyclic) bond motifs is 1. The first-order valence-corrected chi connectivity index (χ1v) is 26.4. The molecule has 0 spiro atoms. The zero-order valence-electron chi connectivity index (χ0n) is 42.3. The monoisotopic (exact) mass is 988 g/mol. The van der Waals surface area contributed by atoms with Gasteiger partial charge in [-0.15, -0.1) is 11.3 Å². The minimum atomic E-state index is -0.863. The smallest absolute Gasteiger partial charge is 0.255 e. The van der Waals surface area contributed by atoms with Crippen LogP contribution in [0.3, 0.4) is 0 Å². The van der Waals surface area contributed by atoms with Crippen molar-refractivity contribution in [2.45, 2.75) is 155 Å². The molecule has 4 heterocycles. The van der Waals surface area contributed by atoms with E-state index in [-0.39, 0.29) is 48.5 Å². The van der Waals surface area contributed by atoms with E-state index in [0.717, 1.165) is 96.6 Å². The number of aliphatic hydroxyl groups is 1. The van der Waals surface area contributed by atoms with Crippen LogP contribution in [0.15, 0.2) is 72.2 Å². The minimum absolute atomic E-state index is 0.0228. The number of unbranched alkanes of at least 4 members (excludes halogenated alkanes) is 7. The molecule has 71 heavy (non-hydrogen) atoms. The summed E-state index contributed by atoms with van der Waals surface area (Å²) in [4.78, 5) is 84.3. The number of carbonyl (C=O) groups excluding carboxylic acids is 5. The number of hydrogen-bond donors (Lipinski definition) is 6. The van der Waals surface area contributed by atoms with Gasteiger partial charge in [-0.1, -0.05) is 83.6 Å². The molecule has 3 aromatic carbocycles. The number of carbonyl (C=O) groups is 5. The highest BCUT2D eigenvalue weighted by molar-refractivity contribution is 7.13. The number of imidazole rings is 1. The molecule has 5 aromatic rings. The SMILES string of the molecule is Cc1ncsc1-c1ccc([C@H](C)NC(=O)[C@@H]2C[C@@H](O)CN2C(=O)[C@@H](NC(=O)CCCCCCCCCCNC(=O)c2ccc(C(=O)Nc3ccc4nc(CN5CCC[C@@H]5C)[nH]c4c3)cc2)C(C)(C)C)cc1. The van der Waals surface area contributed by atoms with Crippen LogP contribution in [-0.4, -0.2) is 103 Å². The number of benzene rings is 3. The van der Waals surface area contributed by atoms with Crippen LogP contribution in [-0.2, 0) is 20.9 Å². The Morgan fingerprint density at radius 2 is 1.55 bits per heavy atom. The van der Waals surface area contributed by atoms with E-state index in [2.05, 4.69) is 43.1 Å². The third kappa shape index (κ3) is 14.3. The van der Waals surface area contributed by atoms with Gasteiger partial charge in [-0.25, -0.2) is 9.97 Å². The fourth-order valence-corrected chi connectivity index (χ4v) is 10.4. The van der Waals surface area contributed by atoms with E-state index in [0.29, 0.717) is 42.2 Å². The van der Waals surface area contributed by atoms with Crippen molar-refractivity contribution in [2.24, 2.45) is 5.41 Å². The number of aliphatic hydroxyl groups excluding tert-OH is 1. The highest BCUT2D eigenvalue weighted by Crippen LogP contribution is 2.30. The van der Waals surface area contributed by atoms with E-state index >= 15 is 0 Å². The molecular formula is C55H73N9O6S. The molecule has 0 unspecified atom stereocenters. The van der Waals surface area contributed by atoms with Gasteiger partial charge in [-0.2, -0.15) is 0 Å². The fraction of sp³-hybridized carbons (Fsp3) is 0.509. The largest absolute Gasteiger partial charge is 0.391 e. The molecule has 5 amide bonds. The third-order valence-electron chi connectivity index (χ3n) is 13.9. The van der Waals surface area contributed by atoms with E-state index in [4.69, 9.17) is 4.98 Å². The van der Waals surface area contributed by atoms with Gasteiger partial charge in [0.1, 0.15) is 17.9 Å². The number of likely N-dealkylation sites (tertiary alicyclic amines) is 2. The molecule has 6 N–H and O–H groups in total. The van der Waals surface area contributed by atoms with E-state index in [1.165, 1.54) is 17.7 Å². The maximum atomic E-state index is 14.1. The van der Waals surface area contributed by atoms with Gasteiger partial charge < -0.3 is 36.3 Å². The lowest BCUT2D eigenvalue weighted by atomic mass is 9.85. The van der Waals surface area contributed by atoms with E-state index in [1.54, 1.807) is 35.6 Å². The van der Waals surface area contributed by atoms with Gasteiger partial charge in [-0.05, 0) is 112 Å². The fourth-order valence-electron chi connectivity index (χ4n) is 9.64. The first kappa shape index (κ1) is 52.8. The number of β-amino-alcohol motifs (C(OH)–C–C–N with tert-alkyl or cyclic N) is 1. The molecule has 0 aliphatic carbocycles. The zero-order valence-corrected chi connectivity index (χ0v) is 43.1. The number of rotatable bonds is 22. The first-order chi connectivity index (χ1) is 34.0. The highest BCUT2D eigenvalue weighted by Gasteiger charge is 2.44. The Bertz CT molecular complexity index is 2600. The van der Waals surface area contributed by atoms with Gasteiger partial charge in [0.2, 0.25) is 17.7 Å². The minimum Gasteiger partial charge on any atom is -0.391 e. The summed E-state index contributed by atoms with van der Waals surface area (Å²) in [6, 6.07) is 18.8. The molecule has 0 radical (unpaired) electrons. The number of amides is 5. The number of hydrogen-bond acceptors (Lipinski definition) is 10. The Kier molecular flexibility index (Phi) is 18.2. The van der Waals surface area contributed by atoms with Crippen molar-refractivity contribution in [3.05, 3.63) is 100 Å². The number of nitrogens with zero attached hydrogens (tertiary/aromatic N) is 4. The molecule has 2 fully saturated rings. The molecule has 2 aromatic heterocycles. The molecule has 380 valence electrons. The summed E-state index contributed by atoms with van der Waals surface area (Å²) in [6.45, 7) is 14.3. The summed E-state index contributed by atoms with van der Waals surface area (Å²) in [6.07, 6.45) is 9.60. The third-order valence-corrected chi connectivity index (χ3v) is 14.9. The Morgan fingerprint density at radius 3 is 2.20 bits per heavy atom. The molecule has 0 bridgehead atoms. The van der Waals surface area contributed by atoms with Crippen molar-refractivity contribution in [2.75, 3.05) is 25.0 Å². The molecule has 16 heteroatoms. The van der Waals surface area contributed by atoms with Crippen LogP contribution in [0.25, 0.3) is 21.5 Å². The Morgan fingerprint density at radius 1 is 0.873 bits per heavy atom. The van der Waals surface area contributed by atoms with Crippen LogP contribution in [0.1, 0.15) is 156 Å². The van der Waals surface area contributed by atoms with Crippen LogP contribution in [0.2, 0.25) is 0 Å². The van der Waals surface area contributed by atoms with Crippen molar-refractivity contribution < 1.29 is 29.1 Å². The average molecular weight is 988 g/mol. The summed E-state index contributed by atoms with van der Waals surface area (Å²) in [5.74, 6) is -0.412. The maximum Gasteiger partial charge on any atom is 0.255 e. The molecule has 7 rings (SSSR count). The summed E-state index contributed by atoms with van der Waals surface area (Å²) in [7, 11) is 0. The summed E-state index contributed by atoms with van der Waals surface area (Å²) in [5, 5.41) is 22.6.